The highest BCUT2D eigenvalue weighted by Gasteiger charge is 2.14. The second-order valence-corrected chi connectivity index (χ2v) is 6.94. The van der Waals surface area contributed by atoms with Gasteiger partial charge in [-0.15, -0.1) is 5.73 Å². The maximum atomic E-state index is 10.7. The Hall–Kier alpha value is -2.92. The van der Waals surface area contributed by atoms with E-state index in [-0.39, 0.29) is 17.4 Å². The number of aliphatic hydroxyl groups excluding tert-OH is 2. The van der Waals surface area contributed by atoms with Crippen LogP contribution in [0.3, 0.4) is 0 Å². The highest BCUT2D eigenvalue weighted by molar-refractivity contribution is 5.34. The van der Waals surface area contributed by atoms with Crippen LogP contribution in [0.15, 0.2) is 65.9 Å². The highest BCUT2D eigenvalue weighted by atomic mass is 16.6. The van der Waals surface area contributed by atoms with Crippen LogP contribution in [0, 0.1) is 16.0 Å². The van der Waals surface area contributed by atoms with Gasteiger partial charge in [0.05, 0.1) is 17.1 Å². The van der Waals surface area contributed by atoms with E-state index in [1.807, 2.05) is 13.8 Å². The van der Waals surface area contributed by atoms with Crippen LogP contribution in [0.25, 0.3) is 0 Å². The van der Waals surface area contributed by atoms with Crippen molar-refractivity contribution in [2.24, 2.45) is 5.92 Å². The standard InChI is InChI=1S/C22H25NO5/c1-15(2)17(5-4-8-21(25)18-6-3-7-20(24)13-18)14-22(26)16-9-11-19(12-10-16)23(27)28/h3-4,6-7,9-13,15,21-22,24-26H,8,14H2,1-2H3/t5?,21-,22-/m1/s1. The number of nitrogens with zero attached hydrogens (tertiary/aromatic N) is 1. The SMILES string of the molecule is CC(C)C(=C=CC[C@@H](O)c1cccc(O)c1)C[C@@H](O)c1ccc([N+](=O)[O-])cc1. The molecular weight excluding hydrogens is 358 g/mol. The van der Waals surface area contributed by atoms with E-state index < -0.39 is 17.1 Å². The molecular formula is C22H25NO5. The Bertz CT molecular complexity index is 867. The summed E-state index contributed by atoms with van der Waals surface area (Å²) in [7, 11) is 0. The van der Waals surface area contributed by atoms with Gasteiger partial charge >= 0.3 is 0 Å². The smallest absolute Gasteiger partial charge is 0.269 e. The van der Waals surface area contributed by atoms with Crippen LogP contribution >= 0.6 is 0 Å². The molecule has 0 spiro atoms. The first-order chi connectivity index (χ1) is 13.3. The molecule has 6 nitrogen and oxygen atoms in total. The molecule has 3 N–H and O–H groups in total. The summed E-state index contributed by atoms with van der Waals surface area (Å²) in [5, 5.41) is 40.9. The quantitative estimate of drug-likeness (QED) is 0.351. The molecule has 2 aromatic carbocycles. The molecule has 0 saturated carbocycles. The van der Waals surface area contributed by atoms with Gasteiger partial charge in [-0.05, 0) is 53.0 Å². The molecule has 0 radical (unpaired) electrons. The predicted octanol–water partition coefficient (Wildman–Crippen LogP) is 4.59. The van der Waals surface area contributed by atoms with Gasteiger partial charge in [0.2, 0.25) is 0 Å². The van der Waals surface area contributed by atoms with Crippen molar-refractivity contribution < 1.29 is 20.2 Å². The summed E-state index contributed by atoms with van der Waals surface area (Å²) in [4.78, 5) is 10.3. The molecule has 2 rings (SSSR count). The number of rotatable bonds is 8. The highest BCUT2D eigenvalue weighted by Crippen LogP contribution is 2.27. The zero-order valence-corrected chi connectivity index (χ0v) is 15.9. The number of non-ortho nitro benzene ring substituents is 1. The number of hydrogen-bond donors (Lipinski definition) is 3. The van der Waals surface area contributed by atoms with E-state index in [0.717, 1.165) is 5.57 Å². The van der Waals surface area contributed by atoms with Gasteiger partial charge in [-0.2, -0.15) is 0 Å². The van der Waals surface area contributed by atoms with Gasteiger partial charge in [0, 0.05) is 25.0 Å². The Morgan fingerprint density at radius 2 is 1.79 bits per heavy atom. The molecule has 0 aromatic heterocycles. The van der Waals surface area contributed by atoms with Crippen molar-refractivity contribution in [2.75, 3.05) is 0 Å². The summed E-state index contributed by atoms with van der Waals surface area (Å²) >= 11 is 0. The molecule has 0 heterocycles. The Kier molecular flexibility index (Phi) is 7.52. The van der Waals surface area contributed by atoms with E-state index in [9.17, 15) is 25.4 Å². The lowest BCUT2D eigenvalue weighted by Gasteiger charge is -2.15. The van der Waals surface area contributed by atoms with E-state index in [4.69, 9.17) is 0 Å². The second kappa shape index (κ2) is 9.85. The van der Waals surface area contributed by atoms with Crippen molar-refractivity contribution in [3.63, 3.8) is 0 Å². The monoisotopic (exact) mass is 383 g/mol. The fourth-order valence-electron chi connectivity index (χ4n) is 2.78. The van der Waals surface area contributed by atoms with Crippen LogP contribution in [-0.2, 0) is 0 Å². The van der Waals surface area contributed by atoms with E-state index in [0.29, 0.717) is 24.0 Å². The molecule has 6 heteroatoms. The Balaban J connectivity index is 2.08. The van der Waals surface area contributed by atoms with Crippen molar-refractivity contribution in [3.05, 3.63) is 87.2 Å². The third-order valence-electron chi connectivity index (χ3n) is 4.48. The molecule has 148 valence electrons. The number of phenols is 1. The molecule has 0 aliphatic rings. The number of benzene rings is 2. The summed E-state index contributed by atoms with van der Waals surface area (Å²) in [5.74, 6) is 0.243. The number of aliphatic hydroxyl groups is 2. The number of aromatic hydroxyl groups is 1. The third-order valence-corrected chi connectivity index (χ3v) is 4.48. The summed E-state index contributed by atoms with van der Waals surface area (Å²) in [5.41, 5.74) is 5.25. The Labute approximate surface area is 164 Å². The van der Waals surface area contributed by atoms with E-state index in [1.165, 1.54) is 18.2 Å². The zero-order valence-electron chi connectivity index (χ0n) is 15.9. The molecule has 0 bridgehead atoms. The van der Waals surface area contributed by atoms with Gasteiger partial charge in [0.1, 0.15) is 5.75 Å². The molecule has 2 aromatic rings. The molecule has 0 amide bonds. The maximum absolute atomic E-state index is 10.7. The van der Waals surface area contributed by atoms with Crippen molar-refractivity contribution in [1.29, 1.82) is 0 Å². The van der Waals surface area contributed by atoms with Gasteiger partial charge in [-0.3, -0.25) is 10.1 Å². The predicted molar refractivity (Wildman–Crippen MR) is 107 cm³/mol. The Morgan fingerprint density at radius 1 is 1.11 bits per heavy atom. The minimum Gasteiger partial charge on any atom is -0.508 e. The van der Waals surface area contributed by atoms with E-state index >= 15 is 0 Å². The molecule has 0 aliphatic carbocycles. The summed E-state index contributed by atoms with van der Waals surface area (Å²) in [6.07, 6.45) is 0.844. The lowest BCUT2D eigenvalue weighted by molar-refractivity contribution is -0.384. The number of nitro groups is 1. The first-order valence-electron chi connectivity index (χ1n) is 9.11. The van der Waals surface area contributed by atoms with Crippen LogP contribution < -0.4 is 0 Å². The topological polar surface area (TPSA) is 104 Å². The lowest BCUT2D eigenvalue weighted by atomic mass is 9.94. The average molecular weight is 383 g/mol. The van der Waals surface area contributed by atoms with Crippen LogP contribution in [0.1, 0.15) is 50.0 Å². The molecule has 0 saturated heterocycles. The van der Waals surface area contributed by atoms with Crippen molar-refractivity contribution >= 4 is 5.69 Å². The number of phenolic OH excluding ortho intramolecular Hbond substituents is 1. The maximum Gasteiger partial charge on any atom is 0.269 e. The third kappa shape index (κ3) is 6.06. The van der Waals surface area contributed by atoms with Crippen LogP contribution in [-0.4, -0.2) is 20.2 Å². The number of nitro benzene ring substituents is 1. The molecule has 0 aliphatic heterocycles. The fraction of sp³-hybridized carbons (Fsp3) is 0.318. The summed E-state index contributed by atoms with van der Waals surface area (Å²) in [6.45, 7) is 3.98. The lowest BCUT2D eigenvalue weighted by Crippen LogP contribution is -2.03. The first-order valence-corrected chi connectivity index (χ1v) is 9.11. The zero-order chi connectivity index (χ0) is 20.7. The largest absolute Gasteiger partial charge is 0.508 e. The van der Waals surface area contributed by atoms with Crippen LogP contribution in [0.4, 0.5) is 5.69 Å². The van der Waals surface area contributed by atoms with Gasteiger partial charge in [0.15, 0.2) is 0 Å². The Morgan fingerprint density at radius 3 is 2.36 bits per heavy atom. The van der Waals surface area contributed by atoms with E-state index in [1.54, 1.807) is 36.4 Å². The van der Waals surface area contributed by atoms with Crippen molar-refractivity contribution in [2.45, 2.75) is 38.9 Å². The molecule has 28 heavy (non-hydrogen) atoms. The van der Waals surface area contributed by atoms with Gasteiger partial charge in [-0.25, -0.2) is 0 Å². The molecule has 0 fully saturated rings. The molecule has 0 unspecified atom stereocenters. The minimum atomic E-state index is -0.796. The number of hydrogen-bond acceptors (Lipinski definition) is 5. The summed E-state index contributed by atoms with van der Waals surface area (Å²) in [6, 6.07) is 12.3. The van der Waals surface area contributed by atoms with E-state index in [2.05, 4.69) is 5.73 Å². The fourth-order valence-corrected chi connectivity index (χ4v) is 2.78. The minimum absolute atomic E-state index is 0.0172. The van der Waals surface area contributed by atoms with Gasteiger partial charge < -0.3 is 15.3 Å². The average Bonchev–Trinajstić information content (AvgIpc) is 2.66. The van der Waals surface area contributed by atoms with Gasteiger partial charge in [0.25, 0.3) is 5.69 Å². The molecule has 2 atom stereocenters. The summed E-state index contributed by atoms with van der Waals surface area (Å²) < 4.78 is 0. The normalized spacial score (nSPS) is 12.9. The second-order valence-electron chi connectivity index (χ2n) is 6.94. The van der Waals surface area contributed by atoms with Crippen molar-refractivity contribution in [3.8, 4) is 5.75 Å². The van der Waals surface area contributed by atoms with Gasteiger partial charge in [-0.1, -0.05) is 26.0 Å². The first kappa shape index (κ1) is 21.4. The van der Waals surface area contributed by atoms with Crippen LogP contribution in [0.5, 0.6) is 5.75 Å². The van der Waals surface area contributed by atoms with Crippen molar-refractivity contribution in [1.82, 2.24) is 0 Å². The van der Waals surface area contributed by atoms with Crippen LogP contribution in [0.2, 0.25) is 0 Å².